The third kappa shape index (κ3) is 4.78. The monoisotopic (exact) mass is 316 g/mol. The summed E-state index contributed by atoms with van der Waals surface area (Å²) >= 11 is 7.56. The fourth-order valence-electron chi connectivity index (χ4n) is 1.91. The third-order valence-electron chi connectivity index (χ3n) is 3.05. The molecule has 0 aliphatic heterocycles. The fourth-order valence-corrected chi connectivity index (χ4v) is 2.98. The molecule has 2 aromatic carbocycles. The number of nitriles is 1. The van der Waals surface area contributed by atoms with Crippen LogP contribution in [0.25, 0.3) is 0 Å². The molecule has 0 atom stereocenters. The van der Waals surface area contributed by atoms with Crippen molar-refractivity contribution in [3.63, 3.8) is 0 Å². The van der Waals surface area contributed by atoms with Crippen molar-refractivity contribution in [1.82, 2.24) is 5.32 Å². The van der Waals surface area contributed by atoms with E-state index in [9.17, 15) is 5.26 Å². The maximum Gasteiger partial charge on any atom is 0.100 e. The lowest BCUT2D eigenvalue weighted by Crippen LogP contribution is -2.11. The number of nitrogens with zero attached hydrogens (tertiary/aromatic N) is 1. The lowest BCUT2D eigenvalue weighted by Gasteiger charge is -2.07. The van der Waals surface area contributed by atoms with Crippen LogP contribution in [-0.4, -0.2) is 6.54 Å². The van der Waals surface area contributed by atoms with Crippen LogP contribution in [0.2, 0.25) is 5.02 Å². The summed E-state index contributed by atoms with van der Waals surface area (Å²) < 4.78 is 0. The smallest absolute Gasteiger partial charge is 0.100 e. The van der Waals surface area contributed by atoms with E-state index in [0.717, 1.165) is 39.9 Å². The molecule has 0 aliphatic carbocycles. The molecule has 0 amide bonds. The van der Waals surface area contributed by atoms with Crippen LogP contribution >= 0.6 is 23.4 Å². The lowest BCUT2D eigenvalue weighted by molar-refractivity contribution is 0.726. The normalized spacial score (nSPS) is 10.3. The number of benzene rings is 2. The van der Waals surface area contributed by atoms with E-state index in [4.69, 9.17) is 11.6 Å². The maximum atomic E-state index is 9.30. The predicted octanol–water partition coefficient (Wildman–Crippen LogP) is 4.61. The van der Waals surface area contributed by atoms with E-state index >= 15 is 0 Å². The molecule has 108 valence electrons. The van der Waals surface area contributed by atoms with Gasteiger partial charge in [0.15, 0.2) is 0 Å². The SMILES string of the molecule is CCNCc1ccc(SCc2ccc(Cl)cc2)c(C#N)c1. The van der Waals surface area contributed by atoms with Crippen molar-refractivity contribution in [2.24, 2.45) is 0 Å². The fraction of sp³-hybridized carbons (Fsp3) is 0.235. The Morgan fingerprint density at radius 2 is 1.86 bits per heavy atom. The molecular formula is C17H17ClN2S. The standard InChI is InChI=1S/C17H17ClN2S/c1-2-20-11-14-5-8-17(15(9-14)10-19)21-12-13-3-6-16(18)7-4-13/h3-9,20H,2,11-12H2,1H3. The summed E-state index contributed by atoms with van der Waals surface area (Å²) in [6, 6.07) is 16.2. The van der Waals surface area contributed by atoms with Gasteiger partial charge in [-0.05, 0) is 41.9 Å². The van der Waals surface area contributed by atoms with Crippen LogP contribution < -0.4 is 5.32 Å². The Kier molecular flexibility index (Phi) is 6.13. The molecule has 2 aromatic rings. The van der Waals surface area contributed by atoms with Gasteiger partial charge in [0, 0.05) is 22.2 Å². The first-order valence-electron chi connectivity index (χ1n) is 6.84. The van der Waals surface area contributed by atoms with Gasteiger partial charge in [-0.2, -0.15) is 5.26 Å². The Labute approximate surface area is 135 Å². The Balaban J connectivity index is 2.05. The number of nitrogens with one attached hydrogen (secondary N) is 1. The van der Waals surface area contributed by atoms with Gasteiger partial charge in [0.25, 0.3) is 0 Å². The van der Waals surface area contributed by atoms with Crippen molar-refractivity contribution in [1.29, 1.82) is 5.26 Å². The van der Waals surface area contributed by atoms with Crippen molar-refractivity contribution in [2.45, 2.75) is 24.1 Å². The van der Waals surface area contributed by atoms with Gasteiger partial charge in [0.05, 0.1) is 5.56 Å². The van der Waals surface area contributed by atoms with Gasteiger partial charge in [-0.3, -0.25) is 0 Å². The second-order valence-corrected chi connectivity index (χ2v) is 6.09. The Morgan fingerprint density at radius 1 is 1.14 bits per heavy atom. The maximum absolute atomic E-state index is 9.30. The highest BCUT2D eigenvalue weighted by Gasteiger charge is 2.05. The molecule has 0 bridgehead atoms. The summed E-state index contributed by atoms with van der Waals surface area (Å²) in [7, 11) is 0. The quantitative estimate of drug-likeness (QED) is 0.790. The third-order valence-corrected chi connectivity index (χ3v) is 4.45. The molecular weight excluding hydrogens is 300 g/mol. The minimum absolute atomic E-state index is 0.740. The van der Waals surface area contributed by atoms with E-state index in [1.165, 1.54) is 5.56 Å². The molecule has 0 aromatic heterocycles. The topological polar surface area (TPSA) is 35.8 Å². The summed E-state index contributed by atoms with van der Waals surface area (Å²) in [5, 5.41) is 13.3. The number of rotatable bonds is 6. The van der Waals surface area contributed by atoms with Crippen molar-refractivity contribution in [3.05, 3.63) is 64.2 Å². The van der Waals surface area contributed by atoms with Gasteiger partial charge in [0.1, 0.15) is 6.07 Å². The van der Waals surface area contributed by atoms with Gasteiger partial charge in [-0.25, -0.2) is 0 Å². The van der Waals surface area contributed by atoms with Crippen LogP contribution in [0.1, 0.15) is 23.6 Å². The highest BCUT2D eigenvalue weighted by Crippen LogP contribution is 2.27. The van der Waals surface area contributed by atoms with E-state index < -0.39 is 0 Å². The average Bonchev–Trinajstić information content (AvgIpc) is 2.52. The summed E-state index contributed by atoms with van der Waals surface area (Å²) in [6.45, 7) is 3.80. The van der Waals surface area contributed by atoms with E-state index in [1.54, 1.807) is 11.8 Å². The van der Waals surface area contributed by atoms with E-state index in [1.807, 2.05) is 36.4 Å². The molecule has 0 heterocycles. The van der Waals surface area contributed by atoms with Crippen LogP contribution in [0.15, 0.2) is 47.4 Å². The molecule has 1 N–H and O–H groups in total. The second-order valence-electron chi connectivity index (χ2n) is 4.64. The predicted molar refractivity (Wildman–Crippen MR) is 89.6 cm³/mol. The van der Waals surface area contributed by atoms with E-state index in [2.05, 4.69) is 24.4 Å². The zero-order chi connectivity index (χ0) is 15.1. The van der Waals surface area contributed by atoms with Crippen LogP contribution in [0.5, 0.6) is 0 Å². The number of halogens is 1. The Hall–Kier alpha value is -1.47. The van der Waals surface area contributed by atoms with Crippen molar-refractivity contribution in [2.75, 3.05) is 6.54 Å². The van der Waals surface area contributed by atoms with Gasteiger partial charge < -0.3 is 5.32 Å². The van der Waals surface area contributed by atoms with Gasteiger partial charge in [0.2, 0.25) is 0 Å². The molecule has 0 spiro atoms. The molecule has 0 saturated carbocycles. The summed E-state index contributed by atoms with van der Waals surface area (Å²) in [5.41, 5.74) is 3.08. The lowest BCUT2D eigenvalue weighted by atomic mass is 10.1. The highest BCUT2D eigenvalue weighted by molar-refractivity contribution is 7.98. The minimum atomic E-state index is 0.740. The average molecular weight is 317 g/mol. The first-order valence-corrected chi connectivity index (χ1v) is 8.20. The van der Waals surface area contributed by atoms with Gasteiger partial charge in [-0.1, -0.05) is 36.7 Å². The Bertz CT molecular complexity index is 632. The molecule has 0 unspecified atom stereocenters. The molecule has 2 nitrogen and oxygen atoms in total. The van der Waals surface area contributed by atoms with E-state index in [-0.39, 0.29) is 0 Å². The van der Waals surface area contributed by atoms with Gasteiger partial charge >= 0.3 is 0 Å². The number of thioether (sulfide) groups is 1. The molecule has 0 fully saturated rings. The van der Waals surface area contributed by atoms with Crippen LogP contribution in [0.4, 0.5) is 0 Å². The van der Waals surface area contributed by atoms with Crippen LogP contribution in [0, 0.1) is 11.3 Å². The number of hydrogen-bond donors (Lipinski definition) is 1. The molecule has 21 heavy (non-hydrogen) atoms. The first kappa shape index (κ1) is 15.9. The molecule has 2 rings (SSSR count). The summed E-state index contributed by atoms with van der Waals surface area (Å²) in [5.74, 6) is 0.832. The second kappa shape index (κ2) is 8.09. The molecule has 0 radical (unpaired) electrons. The minimum Gasteiger partial charge on any atom is -0.313 e. The zero-order valence-corrected chi connectivity index (χ0v) is 13.5. The van der Waals surface area contributed by atoms with Gasteiger partial charge in [-0.15, -0.1) is 11.8 Å². The van der Waals surface area contributed by atoms with Crippen LogP contribution in [0.3, 0.4) is 0 Å². The van der Waals surface area contributed by atoms with Crippen molar-refractivity contribution >= 4 is 23.4 Å². The Morgan fingerprint density at radius 3 is 2.52 bits per heavy atom. The summed E-state index contributed by atoms with van der Waals surface area (Å²) in [6.07, 6.45) is 0. The first-order chi connectivity index (χ1) is 10.2. The van der Waals surface area contributed by atoms with Crippen molar-refractivity contribution in [3.8, 4) is 6.07 Å². The van der Waals surface area contributed by atoms with E-state index in [0.29, 0.717) is 0 Å². The summed E-state index contributed by atoms with van der Waals surface area (Å²) in [4.78, 5) is 1.02. The molecule has 0 saturated heterocycles. The van der Waals surface area contributed by atoms with Crippen molar-refractivity contribution < 1.29 is 0 Å². The number of hydrogen-bond acceptors (Lipinski definition) is 3. The van der Waals surface area contributed by atoms with Crippen LogP contribution in [-0.2, 0) is 12.3 Å². The highest BCUT2D eigenvalue weighted by atomic mass is 35.5. The molecule has 0 aliphatic rings. The molecule has 4 heteroatoms. The largest absolute Gasteiger partial charge is 0.313 e. The zero-order valence-electron chi connectivity index (χ0n) is 11.9.